The fourth-order valence-corrected chi connectivity index (χ4v) is 4.77. The summed E-state index contributed by atoms with van der Waals surface area (Å²) >= 11 is 0. The maximum absolute atomic E-state index is 12.6. The molecule has 0 spiro atoms. The lowest BCUT2D eigenvalue weighted by atomic mass is 9.95. The average Bonchev–Trinajstić information content (AvgIpc) is 3.42. The molecule has 3 aliphatic rings. The molecule has 30 heavy (non-hydrogen) atoms. The Kier molecular flexibility index (Phi) is 5.11. The highest BCUT2D eigenvalue weighted by Gasteiger charge is 2.32. The molecule has 2 saturated heterocycles. The molecule has 1 aromatic carbocycles. The number of piperidine rings is 1. The van der Waals surface area contributed by atoms with Gasteiger partial charge in [0.1, 0.15) is 11.9 Å². The molecule has 0 saturated carbocycles. The third-order valence-corrected chi connectivity index (χ3v) is 6.47. The summed E-state index contributed by atoms with van der Waals surface area (Å²) in [6.45, 7) is 2.24. The van der Waals surface area contributed by atoms with Crippen LogP contribution >= 0.6 is 0 Å². The number of nitrogens with one attached hydrogen (secondary N) is 2. The second kappa shape index (κ2) is 8.05. The quantitative estimate of drug-likeness (QED) is 0.811. The van der Waals surface area contributed by atoms with Gasteiger partial charge in [0.15, 0.2) is 5.82 Å². The molecule has 1 aliphatic carbocycles. The van der Waals surface area contributed by atoms with Crippen molar-refractivity contribution in [3.63, 3.8) is 0 Å². The monoisotopic (exact) mass is 405 g/mol. The van der Waals surface area contributed by atoms with Crippen LogP contribution in [0.4, 0.5) is 5.82 Å². The molecule has 7 heteroatoms. The first-order valence-corrected chi connectivity index (χ1v) is 11.0. The molecular formula is C23H27N5O2. The van der Waals surface area contributed by atoms with E-state index in [0.717, 1.165) is 62.4 Å². The van der Waals surface area contributed by atoms with Gasteiger partial charge in [-0.15, -0.1) is 0 Å². The molecule has 2 aromatic rings. The number of nitrogens with zero attached hydrogens (tertiary/aromatic N) is 3. The van der Waals surface area contributed by atoms with E-state index in [1.165, 1.54) is 11.3 Å². The molecule has 156 valence electrons. The summed E-state index contributed by atoms with van der Waals surface area (Å²) in [5.74, 6) is 1.74. The number of hydrogen-bond donors (Lipinski definition) is 2. The van der Waals surface area contributed by atoms with E-state index in [1.54, 1.807) is 0 Å². The average molecular weight is 406 g/mol. The Morgan fingerprint density at radius 1 is 1.07 bits per heavy atom. The third kappa shape index (κ3) is 3.64. The number of aromatic nitrogens is 2. The molecule has 3 heterocycles. The van der Waals surface area contributed by atoms with Crippen LogP contribution in [0.1, 0.15) is 36.9 Å². The van der Waals surface area contributed by atoms with Crippen molar-refractivity contribution >= 4 is 17.6 Å². The summed E-state index contributed by atoms with van der Waals surface area (Å²) in [5.41, 5.74) is 3.49. The van der Waals surface area contributed by atoms with Crippen LogP contribution < -0.4 is 15.5 Å². The molecule has 0 radical (unpaired) electrons. The van der Waals surface area contributed by atoms with Gasteiger partial charge in [-0.3, -0.25) is 9.59 Å². The Morgan fingerprint density at radius 2 is 1.87 bits per heavy atom. The standard InChI is InChI=1S/C23H27N5O2/c29-22(26-19-9-12-24-23(19)30)16-10-13-28(14-11-16)21-17-7-4-8-18(17)25-20(27-21)15-5-2-1-3-6-15/h1-3,5-6,16,19H,4,7-14H2,(H,24,30)(H,26,29)/t19-/m1/s1. The number of hydrogen-bond acceptors (Lipinski definition) is 5. The molecular weight excluding hydrogens is 378 g/mol. The highest BCUT2D eigenvalue weighted by Crippen LogP contribution is 2.33. The lowest BCUT2D eigenvalue weighted by Crippen LogP contribution is -2.46. The van der Waals surface area contributed by atoms with E-state index in [1.807, 2.05) is 18.2 Å². The van der Waals surface area contributed by atoms with Gasteiger partial charge in [0.2, 0.25) is 11.8 Å². The molecule has 1 atom stereocenters. The fourth-order valence-electron chi connectivity index (χ4n) is 4.77. The maximum atomic E-state index is 12.6. The number of carbonyl (C=O) groups excluding carboxylic acids is 2. The molecule has 5 rings (SSSR count). The minimum atomic E-state index is -0.367. The summed E-state index contributed by atoms with van der Waals surface area (Å²) < 4.78 is 0. The van der Waals surface area contributed by atoms with Crippen molar-refractivity contribution in [3.8, 4) is 11.4 Å². The van der Waals surface area contributed by atoms with Crippen molar-refractivity contribution in [1.82, 2.24) is 20.6 Å². The molecule has 0 bridgehead atoms. The lowest BCUT2D eigenvalue weighted by molar-refractivity contribution is -0.130. The van der Waals surface area contributed by atoms with E-state index in [-0.39, 0.29) is 23.8 Å². The predicted octanol–water partition coefficient (Wildman–Crippen LogP) is 1.85. The van der Waals surface area contributed by atoms with Gasteiger partial charge in [-0.1, -0.05) is 30.3 Å². The minimum absolute atomic E-state index is 0.00888. The van der Waals surface area contributed by atoms with Crippen LogP contribution in [-0.2, 0) is 22.4 Å². The van der Waals surface area contributed by atoms with Crippen LogP contribution in [0.25, 0.3) is 11.4 Å². The number of carbonyl (C=O) groups is 2. The zero-order chi connectivity index (χ0) is 20.5. The highest BCUT2D eigenvalue weighted by atomic mass is 16.2. The Morgan fingerprint density at radius 3 is 2.60 bits per heavy atom. The first kappa shape index (κ1) is 19.0. The van der Waals surface area contributed by atoms with Gasteiger partial charge >= 0.3 is 0 Å². The minimum Gasteiger partial charge on any atom is -0.356 e. The number of benzene rings is 1. The number of rotatable bonds is 4. The van der Waals surface area contributed by atoms with Crippen molar-refractivity contribution in [3.05, 3.63) is 41.6 Å². The second-order valence-electron chi connectivity index (χ2n) is 8.42. The Balaban J connectivity index is 1.31. The van der Waals surface area contributed by atoms with Gasteiger partial charge < -0.3 is 15.5 Å². The number of anilines is 1. The summed E-state index contributed by atoms with van der Waals surface area (Å²) in [6, 6.07) is 9.77. The van der Waals surface area contributed by atoms with E-state index in [9.17, 15) is 9.59 Å². The van der Waals surface area contributed by atoms with Gasteiger partial charge in [-0.05, 0) is 38.5 Å². The maximum Gasteiger partial charge on any atom is 0.242 e. The number of fused-ring (bicyclic) bond motifs is 1. The van der Waals surface area contributed by atoms with Gasteiger partial charge in [0.25, 0.3) is 0 Å². The molecule has 2 aliphatic heterocycles. The van der Waals surface area contributed by atoms with Crippen LogP contribution in [-0.4, -0.2) is 47.5 Å². The van der Waals surface area contributed by atoms with Gasteiger partial charge in [0.05, 0.1) is 0 Å². The second-order valence-corrected chi connectivity index (χ2v) is 8.42. The zero-order valence-corrected chi connectivity index (χ0v) is 17.1. The topological polar surface area (TPSA) is 87.2 Å². The van der Waals surface area contributed by atoms with Crippen molar-refractivity contribution in [2.24, 2.45) is 5.92 Å². The third-order valence-electron chi connectivity index (χ3n) is 6.47. The lowest BCUT2D eigenvalue weighted by Gasteiger charge is -2.33. The normalized spacial score (nSPS) is 21.4. The van der Waals surface area contributed by atoms with Crippen molar-refractivity contribution in [1.29, 1.82) is 0 Å². The van der Waals surface area contributed by atoms with Crippen molar-refractivity contribution in [2.75, 3.05) is 24.5 Å². The summed E-state index contributed by atoms with van der Waals surface area (Å²) in [4.78, 5) is 36.5. The summed E-state index contributed by atoms with van der Waals surface area (Å²) in [6.07, 6.45) is 5.39. The van der Waals surface area contributed by atoms with Crippen LogP contribution in [0.15, 0.2) is 30.3 Å². The summed E-state index contributed by atoms with van der Waals surface area (Å²) in [5, 5.41) is 5.70. The van der Waals surface area contributed by atoms with Crippen LogP contribution in [0.3, 0.4) is 0 Å². The Hall–Kier alpha value is -2.96. The first-order chi connectivity index (χ1) is 14.7. The molecule has 0 unspecified atom stereocenters. The SMILES string of the molecule is O=C(N[C@@H]1CCNC1=O)C1CCN(c2nc(-c3ccccc3)nc3c2CCC3)CC1. The van der Waals surface area contributed by atoms with Crippen LogP contribution in [0, 0.1) is 5.92 Å². The zero-order valence-electron chi connectivity index (χ0n) is 17.1. The molecule has 2 N–H and O–H groups in total. The summed E-state index contributed by atoms with van der Waals surface area (Å²) in [7, 11) is 0. The molecule has 2 fully saturated rings. The van der Waals surface area contributed by atoms with Crippen molar-refractivity contribution < 1.29 is 9.59 Å². The highest BCUT2D eigenvalue weighted by molar-refractivity contribution is 5.89. The molecule has 2 amide bonds. The fraction of sp³-hybridized carbons (Fsp3) is 0.478. The van der Waals surface area contributed by atoms with Crippen LogP contribution in [0.5, 0.6) is 0 Å². The smallest absolute Gasteiger partial charge is 0.242 e. The predicted molar refractivity (Wildman–Crippen MR) is 114 cm³/mol. The van der Waals surface area contributed by atoms with E-state index >= 15 is 0 Å². The van der Waals surface area contributed by atoms with Gasteiger partial charge in [-0.2, -0.15) is 0 Å². The molecule has 1 aromatic heterocycles. The molecule has 7 nitrogen and oxygen atoms in total. The first-order valence-electron chi connectivity index (χ1n) is 11.0. The van der Waals surface area contributed by atoms with Crippen molar-refractivity contribution in [2.45, 2.75) is 44.6 Å². The van der Waals surface area contributed by atoms with E-state index in [4.69, 9.17) is 9.97 Å². The Bertz CT molecular complexity index is 954. The van der Waals surface area contributed by atoms with Crippen LogP contribution in [0.2, 0.25) is 0 Å². The van der Waals surface area contributed by atoms with Gasteiger partial charge in [0, 0.05) is 42.4 Å². The Labute approximate surface area is 176 Å². The van der Waals surface area contributed by atoms with E-state index < -0.39 is 0 Å². The number of amides is 2. The largest absolute Gasteiger partial charge is 0.356 e. The number of aryl methyl sites for hydroxylation is 1. The van der Waals surface area contributed by atoms with Gasteiger partial charge in [-0.25, -0.2) is 9.97 Å². The van der Waals surface area contributed by atoms with E-state index in [0.29, 0.717) is 13.0 Å². The van der Waals surface area contributed by atoms with E-state index in [2.05, 4.69) is 27.7 Å².